The van der Waals surface area contributed by atoms with E-state index in [0.29, 0.717) is 5.15 Å². The molecule has 0 unspecified atom stereocenters. The number of halogens is 1. The maximum Gasteiger partial charge on any atom is 0.128 e. The molecule has 17 heavy (non-hydrogen) atoms. The molecule has 0 spiro atoms. The number of aromatic nitrogens is 3. The number of pyridine rings is 1. The molecule has 5 heteroatoms. The van der Waals surface area contributed by atoms with Crippen LogP contribution in [0, 0.1) is 0 Å². The molecule has 0 saturated heterocycles. The lowest BCUT2D eigenvalue weighted by Crippen LogP contribution is -2.19. The largest absolute Gasteiger partial charge is 0.321 e. The summed E-state index contributed by atoms with van der Waals surface area (Å²) in [5, 5.41) is 4.00. The zero-order valence-electron chi connectivity index (χ0n) is 9.73. The Kier molecular flexibility index (Phi) is 4.12. The number of nitrogens with zero attached hydrogens (tertiary/aromatic N) is 3. The molecule has 4 nitrogen and oxygen atoms in total. The fraction of sp³-hybridized carbons (Fsp3) is 0.333. The van der Waals surface area contributed by atoms with E-state index in [4.69, 9.17) is 11.6 Å². The Morgan fingerprint density at radius 1 is 1.41 bits per heavy atom. The summed E-state index contributed by atoms with van der Waals surface area (Å²) in [5.41, 5.74) is 1.23. The van der Waals surface area contributed by atoms with Gasteiger partial charge in [0.05, 0.1) is 12.7 Å². The molecule has 0 radical (unpaired) electrons. The maximum atomic E-state index is 5.90. The van der Waals surface area contributed by atoms with Crippen molar-refractivity contribution in [1.82, 2.24) is 19.9 Å². The van der Waals surface area contributed by atoms with Crippen LogP contribution in [0.4, 0.5) is 0 Å². The van der Waals surface area contributed by atoms with E-state index in [1.807, 2.05) is 23.9 Å². The highest BCUT2D eigenvalue weighted by atomic mass is 35.5. The van der Waals surface area contributed by atoms with Crippen molar-refractivity contribution in [1.29, 1.82) is 0 Å². The quantitative estimate of drug-likeness (QED) is 0.823. The van der Waals surface area contributed by atoms with Crippen LogP contribution < -0.4 is 5.32 Å². The van der Waals surface area contributed by atoms with Gasteiger partial charge in [0.15, 0.2) is 0 Å². The highest BCUT2D eigenvalue weighted by Gasteiger charge is 2.03. The van der Waals surface area contributed by atoms with Gasteiger partial charge in [0.2, 0.25) is 0 Å². The zero-order chi connectivity index (χ0) is 12.1. The van der Waals surface area contributed by atoms with E-state index in [-0.39, 0.29) is 0 Å². The van der Waals surface area contributed by atoms with E-state index in [9.17, 15) is 0 Å². The second kappa shape index (κ2) is 5.80. The van der Waals surface area contributed by atoms with E-state index in [1.165, 1.54) is 5.56 Å². The van der Waals surface area contributed by atoms with Crippen molar-refractivity contribution in [2.75, 3.05) is 6.54 Å². The van der Waals surface area contributed by atoms with Crippen molar-refractivity contribution >= 4 is 11.6 Å². The molecule has 0 aromatic carbocycles. The molecule has 2 heterocycles. The standard InChI is InChI=1S/C12H15ClN4/c1-17-11(13)8-16-12(17)9-15-6-4-10-3-2-5-14-7-10/h2-3,5,7-8,15H,4,6,9H2,1H3. The number of rotatable bonds is 5. The number of imidazole rings is 1. The molecule has 90 valence electrons. The van der Waals surface area contributed by atoms with Gasteiger partial charge < -0.3 is 9.88 Å². The molecule has 0 aliphatic heterocycles. The first-order valence-electron chi connectivity index (χ1n) is 5.53. The van der Waals surface area contributed by atoms with Gasteiger partial charge in [-0.3, -0.25) is 4.98 Å². The van der Waals surface area contributed by atoms with Crippen LogP contribution in [0.1, 0.15) is 11.4 Å². The molecular weight excluding hydrogens is 236 g/mol. The first kappa shape index (κ1) is 12.1. The Balaban J connectivity index is 1.75. The first-order valence-corrected chi connectivity index (χ1v) is 5.91. The molecule has 2 aromatic rings. The van der Waals surface area contributed by atoms with Crippen molar-refractivity contribution in [2.24, 2.45) is 7.05 Å². The van der Waals surface area contributed by atoms with Crippen LogP contribution in [0.3, 0.4) is 0 Å². The van der Waals surface area contributed by atoms with E-state index in [0.717, 1.165) is 25.3 Å². The molecule has 0 fully saturated rings. The number of hydrogen-bond acceptors (Lipinski definition) is 3. The van der Waals surface area contributed by atoms with Crippen LogP contribution in [0.2, 0.25) is 5.15 Å². The predicted molar refractivity (Wildman–Crippen MR) is 67.9 cm³/mol. The van der Waals surface area contributed by atoms with Crippen LogP contribution in [0.15, 0.2) is 30.7 Å². The van der Waals surface area contributed by atoms with Crippen LogP contribution in [0.25, 0.3) is 0 Å². The van der Waals surface area contributed by atoms with Crippen molar-refractivity contribution in [3.05, 3.63) is 47.3 Å². The number of hydrogen-bond donors (Lipinski definition) is 1. The molecule has 0 saturated carbocycles. The third kappa shape index (κ3) is 3.28. The molecule has 2 aromatic heterocycles. The minimum absolute atomic E-state index is 0.661. The van der Waals surface area contributed by atoms with E-state index in [1.54, 1.807) is 12.4 Å². The van der Waals surface area contributed by atoms with Crippen LogP contribution >= 0.6 is 11.6 Å². The van der Waals surface area contributed by atoms with Crippen molar-refractivity contribution < 1.29 is 0 Å². The van der Waals surface area contributed by atoms with Gasteiger partial charge in [-0.15, -0.1) is 0 Å². The molecule has 0 amide bonds. The first-order chi connectivity index (χ1) is 8.27. The Morgan fingerprint density at radius 3 is 2.94 bits per heavy atom. The fourth-order valence-corrected chi connectivity index (χ4v) is 1.71. The third-order valence-electron chi connectivity index (χ3n) is 2.62. The Hall–Kier alpha value is -1.39. The molecule has 1 N–H and O–H groups in total. The summed E-state index contributed by atoms with van der Waals surface area (Å²) >= 11 is 5.90. The second-order valence-electron chi connectivity index (χ2n) is 3.84. The molecule has 0 aliphatic carbocycles. The van der Waals surface area contributed by atoms with E-state index in [2.05, 4.69) is 21.4 Å². The summed E-state index contributed by atoms with van der Waals surface area (Å²) in [4.78, 5) is 8.29. The van der Waals surface area contributed by atoms with Gasteiger partial charge in [0, 0.05) is 19.4 Å². The SMILES string of the molecule is Cn1c(Cl)cnc1CNCCc1cccnc1. The lowest BCUT2D eigenvalue weighted by Gasteiger charge is -2.05. The Morgan fingerprint density at radius 2 is 2.29 bits per heavy atom. The molecule has 0 aliphatic rings. The van der Waals surface area contributed by atoms with Gasteiger partial charge in [-0.1, -0.05) is 17.7 Å². The molecule has 0 bridgehead atoms. The summed E-state index contributed by atoms with van der Waals surface area (Å²) < 4.78 is 1.87. The van der Waals surface area contributed by atoms with Crippen LogP contribution in [-0.2, 0) is 20.0 Å². The van der Waals surface area contributed by atoms with Crippen molar-refractivity contribution in [2.45, 2.75) is 13.0 Å². The molecule has 2 rings (SSSR count). The average Bonchev–Trinajstić information content (AvgIpc) is 2.67. The summed E-state index contributed by atoms with van der Waals surface area (Å²) in [7, 11) is 1.91. The monoisotopic (exact) mass is 250 g/mol. The Bertz CT molecular complexity index is 467. The van der Waals surface area contributed by atoms with Gasteiger partial charge in [0.25, 0.3) is 0 Å². The lowest BCUT2D eigenvalue weighted by molar-refractivity contribution is 0.637. The number of nitrogens with one attached hydrogen (secondary N) is 1. The average molecular weight is 251 g/mol. The zero-order valence-corrected chi connectivity index (χ0v) is 10.5. The molecule has 0 atom stereocenters. The van der Waals surface area contributed by atoms with Gasteiger partial charge in [0.1, 0.15) is 11.0 Å². The normalized spacial score (nSPS) is 10.7. The smallest absolute Gasteiger partial charge is 0.128 e. The predicted octanol–water partition coefficient (Wildman–Crippen LogP) is 1.80. The fourth-order valence-electron chi connectivity index (χ4n) is 1.57. The second-order valence-corrected chi connectivity index (χ2v) is 4.23. The third-order valence-corrected chi connectivity index (χ3v) is 2.98. The van der Waals surface area contributed by atoms with Crippen LogP contribution in [0.5, 0.6) is 0 Å². The summed E-state index contributed by atoms with van der Waals surface area (Å²) in [5.74, 6) is 0.946. The maximum absolute atomic E-state index is 5.90. The van der Waals surface area contributed by atoms with Gasteiger partial charge in [-0.25, -0.2) is 4.98 Å². The van der Waals surface area contributed by atoms with E-state index < -0.39 is 0 Å². The highest BCUT2D eigenvalue weighted by molar-refractivity contribution is 6.29. The van der Waals surface area contributed by atoms with E-state index >= 15 is 0 Å². The highest BCUT2D eigenvalue weighted by Crippen LogP contribution is 2.08. The van der Waals surface area contributed by atoms with Crippen LogP contribution in [-0.4, -0.2) is 21.1 Å². The summed E-state index contributed by atoms with van der Waals surface area (Å²) in [6.07, 6.45) is 6.30. The summed E-state index contributed by atoms with van der Waals surface area (Å²) in [6.45, 7) is 1.62. The lowest BCUT2D eigenvalue weighted by atomic mass is 10.2. The minimum atomic E-state index is 0.661. The van der Waals surface area contributed by atoms with Crippen molar-refractivity contribution in [3.63, 3.8) is 0 Å². The minimum Gasteiger partial charge on any atom is -0.321 e. The molecular formula is C12H15ClN4. The summed E-state index contributed by atoms with van der Waals surface area (Å²) in [6, 6.07) is 4.03. The van der Waals surface area contributed by atoms with Gasteiger partial charge >= 0.3 is 0 Å². The van der Waals surface area contributed by atoms with Crippen molar-refractivity contribution in [3.8, 4) is 0 Å². The Labute approximate surface area is 106 Å². The topological polar surface area (TPSA) is 42.7 Å². The van der Waals surface area contributed by atoms with Gasteiger partial charge in [-0.2, -0.15) is 0 Å². The van der Waals surface area contributed by atoms with Gasteiger partial charge in [-0.05, 0) is 24.6 Å².